The summed E-state index contributed by atoms with van der Waals surface area (Å²) >= 11 is 0. The van der Waals surface area contributed by atoms with Crippen molar-refractivity contribution in [1.82, 2.24) is 15.1 Å². The molecule has 2 fully saturated rings. The lowest BCUT2D eigenvalue weighted by Crippen LogP contribution is -2.42. The number of hydrogen-bond acceptors (Lipinski definition) is 3. The van der Waals surface area contributed by atoms with Crippen LogP contribution in [0.2, 0.25) is 0 Å². The molecule has 100 valence electrons. The topological polar surface area (TPSA) is 18.5 Å². The molecular formula is C14H29N3. The number of piperidine rings is 1. The first-order valence-electron chi connectivity index (χ1n) is 7.38. The molecule has 17 heavy (non-hydrogen) atoms. The molecule has 0 spiro atoms. The van der Waals surface area contributed by atoms with Crippen LogP contribution >= 0.6 is 0 Å². The van der Waals surface area contributed by atoms with Gasteiger partial charge in [-0.2, -0.15) is 0 Å². The van der Waals surface area contributed by atoms with Gasteiger partial charge in [-0.1, -0.05) is 0 Å². The summed E-state index contributed by atoms with van der Waals surface area (Å²) in [6.07, 6.45) is 8.27. The SMILES string of the molecule is CN(C)C1CCN(CCCC2CCCN2)CC1. The summed E-state index contributed by atoms with van der Waals surface area (Å²) in [6.45, 7) is 5.18. The molecule has 0 aliphatic carbocycles. The first-order chi connectivity index (χ1) is 8.25. The maximum absolute atomic E-state index is 3.59. The molecule has 2 aliphatic rings. The third kappa shape index (κ3) is 4.23. The molecule has 1 N–H and O–H groups in total. The van der Waals surface area contributed by atoms with E-state index in [2.05, 4.69) is 29.2 Å². The zero-order valence-corrected chi connectivity index (χ0v) is 11.6. The predicted molar refractivity (Wildman–Crippen MR) is 73.4 cm³/mol. The molecule has 0 aromatic carbocycles. The summed E-state index contributed by atoms with van der Waals surface area (Å²) in [5.74, 6) is 0. The van der Waals surface area contributed by atoms with Crippen molar-refractivity contribution in [3.63, 3.8) is 0 Å². The van der Waals surface area contributed by atoms with Crippen molar-refractivity contribution in [1.29, 1.82) is 0 Å². The van der Waals surface area contributed by atoms with Crippen LogP contribution in [0.15, 0.2) is 0 Å². The highest BCUT2D eigenvalue weighted by Crippen LogP contribution is 2.16. The van der Waals surface area contributed by atoms with Crippen molar-refractivity contribution in [2.75, 3.05) is 40.3 Å². The maximum atomic E-state index is 3.59. The smallest absolute Gasteiger partial charge is 0.0113 e. The standard InChI is InChI=1S/C14H29N3/c1-16(2)14-7-11-17(12-8-14)10-4-6-13-5-3-9-15-13/h13-15H,3-12H2,1-2H3. The second-order valence-corrected chi connectivity index (χ2v) is 5.97. The van der Waals surface area contributed by atoms with Crippen molar-refractivity contribution in [3.05, 3.63) is 0 Å². The monoisotopic (exact) mass is 239 g/mol. The molecule has 0 bridgehead atoms. The summed E-state index contributed by atoms with van der Waals surface area (Å²) in [7, 11) is 4.43. The van der Waals surface area contributed by atoms with Gasteiger partial charge in [-0.05, 0) is 78.8 Å². The second-order valence-electron chi connectivity index (χ2n) is 5.97. The second kappa shape index (κ2) is 6.72. The van der Waals surface area contributed by atoms with Gasteiger partial charge in [0.2, 0.25) is 0 Å². The van der Waals surface area contributed by atoms with Gasteiger partial charge in [0.1, 0.15) is 0 Å². The predicted octanol–water partition coefficient (Wildman–Crippen LogP) is 1.54. The van der Waals surface area contributed by atoms with E-state index in [4.69, 9.17) is 0 Å². The Morgan fingerprint density at radius 2 is 1.94 bits per heavy atom. The van der Waals surface area contributed by atoms with Crippen LogP contribution in [0.25, 0.3) is 0 Å². The molecule has 2 saturated heterocycles. The summed E-state index contributed by atoms with van der Waals surface area (Å²) in [5.41, 5.74) is 0. The van der Waals surface area contributed by atoms with Crippen LogP contribution in [0, 0.1) is 0 Å². The normalized spacial score (nSPS) is 28.1. The van der Waals surface area contributed by atoms with Crippen molar-refractivity contribution in [3.8, 4) is 0 Å². The van der Waals surface area contributed by atoms with E-state index in [0.29, 0.717) is 0 Å². The third-order valence-corrected chi connectivity index (χ3v) is 4.48. The molecule has 0 aromatic rings. The average molecular weight is 239 g/mol. The first-order valence-corrected chi connectivity index (χ1v) is 7.38. The van der Waals surface area contributed by atoms with Crippen molar-refractivity contribution >= 4 is 0 Å². The van der Waals surface area contributed by atoms with E-state index in [-0.39, 0.29) is 0 Å². The third-order valence-electron chi connectivity index (χ3n) is 4.48. The van der Waals surface area contributed by atoms with Gasteiger partial charge in [0.05, 0.1) is 0 Å². The Morgan fingerprint density at radius 1 is 1.18 bits per heavy atom. The zero-order valence-electron chi connectivity index (χ0n) is 11.6. The highest BCUT2D eigenvalue weighted by molar-refractivity contribution is 4.78. The van der Waals surface area contributed by atoms with Crippen LogP contribution < -0.4 is 5.32 Å². The Labute approximate surface area is 107 Å². The molecule has 3 heteroatoms. The minimum Gasteiger partial charge on any atom is -0.314 e. The van der Waals surface area contributed by atoms with Crippen LogP contribution in [-0.4, -0.2) is 62.2 Å². The first kappa shape index (κ1) is 13.3. The Balaban J connectivity index is 1.55. The Kier molecular flexibility index (Phi) is 5.26. The molecule has 1 atom stereocenters. The number of rotatable bonds is 5. The zero-order chi connectivity index (χ0) is 12.1. The fourth-order valence-electron chi connectivity index (χ4n) is 3.22. The Hall–Kier alpha value is -0.120. The van der Waals surface area contributed by atoms with Crippen molar-refractivity contribution in [2.24, 2.45) is 0 Å². The highest BCUT2D eigenvalue weighted by atomic mass is 15.2. The highest BCUT2D eigenvalue weighted by Gasteiger charge is 2.20. The number of nitrogens with zero attached hydrogens (tertiary/aromatic N) is 2. The van der Waals surface area contributed by atoms with Gasteiger partial charge in [-0.25, -0.2) is 0 Å². The van der Waals surface area contributed by atoms with Gasteiger partial charge in [-0.3, -0.25) is 0 Å². The average Bonchev–Trinajstić information content (AvgIpc) is 2.83. The lowest BCUT2D eigenvalue weighted by Gasteiger charge is -2.35. The van der Waals surface area contributed by atoms with E-state index in [1.807, 2.05) is 0 Å². The molecule has 0 radical (unpaired) electrons. The maximum Gasteiger partial charge on any atom is 0.0113 e. The largest absolute Gasteiger partial charge is 0.314 e. The lowest BCUT2D eigenvalue weighted by atomic mass is 10.0. The van der Waals surface area contributed by atoms with Crippen LogP contribution in [-0.2, 0) is 0 Å². The molecule has 2 aliphatic heterocycles. The molecule has 0 saturated carbocycles. The molecule has 0 amide bonds. The van der Waals surface area contributed by atoms with Crippen LogP contribution in [0.5, 0.6) is 0 Å². The minimum atomic E-state index is 0.822. The summed E-state index contributed by atoms with van der Waals surface area (Å²) in [6, 6.07) is 1.65. The van der Waals surface area contributed by atoms with Gasteiger partial charge in [0.15, 0.2) is 0 Å². The molecule has 0 aromatic heterocycles. The van der Waals surface area contributed by atoms with E-state index in [0.717, 1.165) is 12.1 Å². The summed E-state index contributed by atoms with van der Waals surface area (Å²) in [4.78, 5) is 5.05. The van der Waals surface area contributed by atoms with Crippen LogP contribution in [0.4, 0.5) is 0 Å². The van der Waals surface area contributed by atoms with Gasteiger partial charge in [-0.15, -0.1) is 0 Å². The van der Waals surface area contributed by atoms with E-state index < -0.39 is 0 Å². The van der Waals surface area contributed by atoms with Crippen molar-refractivity contribution in [2.45, 2.75) is 50.6 Å². The van der Waals surface area contributed by atoms with E-state index in [1.54, 1.807) is 0 Å². The molecule has 2 heterocycles. The van der Waals surface area contributed by atoms with Gasteiger partial charge < -0.3 is 15.1 Å². The van der Waals surface area contributed by atoms with E-state index in [1.165, 1.54) is 64.7 Å². The van der Waals surface area contributed by atoms with E-state index in [9.17, 15) is 0 Å². The van der Waals surface area contributed by atoms with Crippen molar-refractivity contribution < 1.29 is 0 Å². The Bertz CT molecular complexity index is 204. The van der Waals surface area contributed by atoms with Gasteiger partial charge in [0, 0.05) is 12.1 Å². The molecular weight excluding hydrogens is 210 g/mol. The Morgan fingerprint density at radius 3 is 2.53 bits per heavy atom. The lowest BCUT2D eigenvalue weighted by molar-refractivity contribution is 0.142. The summed E-state index contributed by atoms with van der Waals surface area (Å²) in [5, 5.41) is 3.59. The number of likely N-dealkylation sites (tertiary alicyclic amines) is 1. The minimum absolute atomic E-state index is 0.822. The summed E-state index contributed by atoms with van der Waals surface area (Å²) < 4.78 is 0. The fraction of sp³-hybridized carbons (Fsp3) is 1.00. The van der Waals surface area contributed by atoms with Gasteiger partial charge >= 0.3 is 0 Å². The number of hydrogen-bond donors (Lipinski definition) is 1. The quantitative estimate of drug-likeness (QED) is 0.785. The molecule has 2 rings (SSSR count). The fourth-order valence-corrected chi connectivity index (χ4v) is 3.22. The van der Waals surface area contributed by atoms with Crippen LogP contribution in [0.3, 0.4) is 0 Å². The van der Waals surface area contributed by atoms with Crippen LogP contribution in [0.1, 0.15) is 38.5 Å². The molecule has 1 unspecified atom stereocenters. The van der Waals surface area contributed by atoms with Gasteiger partial charge in [0.25, 0.3) is 0 Å². The number of nitrogens with one attached hydrogen (secondary N) is 1. The molecule has 3 nitrogen and oxygen atoms in total. The van der Waals surface area contributed by atoms with E-state index >= 15 is 0 Å².